The van der Waals surface area contributed by atoms with E-state index in [1.54, 1.807) is 0 Å². The molecule has 0 aromatic carbocycles. The molecule has 0 amide bonds. The summed E-state index contributed by atoms with van der Waals surface area (Å²) < 4.78 is 2.32. The van der Waals surface area contributed by atoms with Crippen molar-refractivity contribution in [1.82, 2.24) is 20.1 Å². The summed E-state index contributed by atoms with van der Waals surface area (Å²) in [6.07, 6.45) is 6.41. The van der Waals surface area contributed by atoms with E-state index in [0.29, 0.717) is 12.1 Å². The van der Waals surface area contributed by atoms with Gasteiger partial charge < -0.3 is 9.88 Å². The molecule has 4 heteroatoms. The minimum Gasteiger partial charge on any atom is -0.314 e. The number of hydrogen-bond acceptors (Lipinski definition) is 3. The lowest BCUT2D eigenvalue weighted by atomic mass is 9.78. The van der Waals surface area contributed by atoms with Crippen LogP contribution in [0.5, 0.6) is 0 Å². The van der Waals surface area contributed by atoms with Gasteiger partial charge in [-0.2, -0.15) is 0 Å². The fraction of sp³-hybridized carbons (Fsp3) is 0.867. The Balaban J connectivity index is 1.71. The van der Waals surface area contributed by atoms with Crippen LogP contribution in [0.1, 0.15) is 64.1 Å². The molecular weight excluding hydrogens is 236 g/mol. The van der Waals surface area contributed by atoms with Gasteiger partial charge in [-0.15, -0.1) is 10.2 Å². The van der Waals surface area contributed by atoms with E-state index in [0.717, 1.165) is 30.6 Å². The third-order valence-electron chi connectivity index (χ3n) is 5.01. The second-order valence-electron chi connectivity index (χ2n) is 6.53. The standard InChI is InChI=1S/C15H26N4/c1-10-6-4-7-11(2)14(10)16-12(3)15-18-17-13-8-5-9-19(13)15/h10-12,14,16H,4-9H2,1-3H3. The van der Waals surface area contributed by atoms with Gasteiger partial charge in [0.15, 0.2) is 0 Å². The zero-order valence-electron chi connectivity index (χ0n) is 12.4. The van der Waals surface area contributed by atoms with E-state index in [2.05, 4.69) is 40.9 Å². The van der Waals surface area contributed by atoms with Crippen molar-refractivity contribution < 1.29 is 0 Å². The zero-order chi connectivity index (χ0) is 13.4. The second-order valence-corrected chi connectivity index (χ2v) is 6.53. The smallest absolute Gasteiger partial charge is 0.149 e. The molecule has 0 radical (unpaired) electrons. The first-order chi connectivity index (χ1) is 9.16. The topological polar surface area (TPSA) is 42.7 Å². The number of nitrogens with one attached hydrogen (secondary N) is 1. The summed E-state index contributed by atoms with van der Waals surface area (Å²) in [6, 6.07) is 0.936. The molecule has 3 unspecified atom stereocenters. The Bertz CT molecular complexity index is 429. The van der Waals surface area contributed by atoms with Gasteiger partial charge in [-0.05, 0) is 38.0 Å². The molecule has 1 saturated carbocycles. The first-order valence-corrected chi connectivity index (χ1v) is 7.85. The van der Waals surface area contributed by atoms with Crippen molar-refractivity contribution in [1.29, 1.82) is 0 Å². The maximum Gasteiger partial charge on any atom is 0.149 e. The van der Waals surface area contributed by atoms with Gasteiger partial charge in [0, 0.05) is 19.0 Å². The largest absolute Gasteiger partial charge is 0.314 e. The molecule has 2 heterocycles. The van der Waals surface area contributed by atoms with Gasteiger partial charge >= 0.3 is 0 Å². The molecule has 0 spiro atoms. The Labute approximate surface area is 116 Å². The van der Waals surface area contributed by atoms with E-state index < -0.39 is 0 Å². The lowest BCUT2D eigenvalue weighted by Crippen LogP contribution is -2.44. The van der Waals surface area contributed by atoms with Crippen molar-refractivity contribution >= 4 is 0 Å². The Morgan fingerprint density at radius 3 is 2.63 bits per heavy atom. The summed E-state index contributed by atoms with van der Waals surface area (Å²) in [4.78, 5) is 0. The van der Waals surface area contributed by atoms with Crippen LogP contribution in [0.25, 0.3) is 0 Å². The van der Waals surface area contributed by atoms with E-state index in [4.69, 9.17) is 0 Å². The van der Waals surface area contributed by atoms with E-state index in [1.165, 1.54) is 31.5 Å². The number of nitrogens with zero attached hydrogens (tertiary/aromatic N) is 3. The highest BCUT2D eigenvalue weighted by molar-refractivity contribution is 5.05. The molecule has 0 saturated heterocycles. The normalized spacial score (nSPS) is 32.3. The van der Waals surface area contributed by atoms with Crippen molar-refractivity contribution in [3.8, 4) is 0 Å². The minimum absolute atomic E-state index is 0.312. The summed E-state index contributed by atoms with van der Waals surface area (Å²) in [6.45, 7) is 8.10. The first kappa shape index (κ1) is 13.1. The molecule has 1 N–H and O–H groups in total. The summed E-state index contributed by atoms with van der Waals surface area (Å²) >= 11 is 0. The van der Waals surface area contributed by atoms with Crippen molar-refractivity contribution in [3.63, 3.8) is 0 Å². The van der Waals surface area contributed by atoms with Gasteiger partial charge in [-0.3, -0.25) is 0 Å². The molecule has 1 aromatic heterocycles. The SMILES string of the molecule is CC(NC1C(C)CCCC1C)c1nnc2n1CCC2. The van der Waals surface area contributed by atoms with E-state index in [-0.39, 0.29) is 0 Å². The van der Waals surface area contributed by atoms with E-state index in [9.17, 15) is 0 Å². The van der Waals surface area contributed by atoms with Crippen LogP contribution in [0.15, 0.2) is 0 Å². The Morgan fingerprint density at radius 2 is 1.89 bits per heavy atom. The molecule has 19 heavy (non-hydrogen) atoms. The van der Waals surface area contributed by atoms with E-state index in [1.807, 2.05) is 0 Å². The van der Waals surface area contributed by atoms with Gasteiger partial charge in [0.2, 0.25) is 0 Å². The zero-order valence-corrected chi connectivity index (χ0v) is 12.4. The molecule has 3 rings (SSSR count). The number of aryl methyl sites for hydroxylation is 1. The number of hydrogen-bond donors (Lipinski definition) is 1. The Kier molecular flexibility index (Phi) is 3.61. The van der Waals surface area contributed by atoms with Crippen molar-refractivity contribution in [2.24, 2.45) is 11.8 Å². The van der Waals surface area contributed by atoms with Crippen LogP contribution in [-0.2, 0) is 13.0 Å². The molecular formula is C15H26N4. The maximum absolute atomic E-state index is 4.40. The second kappa shape index (κ2) is 5.23. The third-order valence-corrected chi connectivity index (χ3v) is 5.01. The summed E-state index contributed by atoms with van der Waals surface area (Å²) in [7, 11) is 0. The molecule has 106 valence electrons. The predicted molar refractivity (Wildman–Crippen MR) is 75.9 cm³/mol. The summed E-state index contributed by atoms with van der Waals surface area (Å²) in [5, 5.41) is 12.6. The number of aromatic nitrogens is 3. The van der Waals surface area contributed by atoms with Gasteiger partial charge in [0.25, 0.3) is 0 Å². The molecule has 1 fully saturated rings. The lowest BCUT2D eigenvalue weighted by Gasteiger charge is -2.37. The number of rotatable bonds is 3. The highest BCUT2D eigenvalue weighted by Crippen LogP contribution is 2.30. The van der Waals surface area contributed by atoms with Crippen LogP contribution in [0.2, 0.25) is 0 Å². The van der Waals surface area contributed by atoms with Gasteiger partial charge in [-0.1, -0.05) is 20.3 Å². The molecule has 3 atom stereocenters. The fourth-order valence-electron chi connectivity index (χ4n) is 3.87. The van der Waals surface area contributed by atoms with Gasteiger partial charge in [-0.25, -0.2) is 0 Å². The number of fused-ring (bicyclic) bond motifs is 1. The predicted octanol–water partition coefficient (Wildman–Crippen LogP) is 2.70. The highest BCUT2D eigenvalue weighted by atomic mass is 15.3. The molecule has 2 aliphatic rings. The molecule has 4 nitrogen and oxygen atoms in total. The fourth-order valence-corrected chi connectivity index (χ4v) is 3.87. The molecule has 1 aromatic rings. The quantitative estimate of drug-likeness (QED) is 0.910. The van der Waals surface area contributed by atoms with Crippen molar-refractivity contribution in [2.45, 2.75) is 71.5 Å². The molecule has 1 aliphatic carbocycles. The van der Waals surface area contributed by atoms with Crippen molar-refractivity contribution in [2.75, 3.05) is 0 Å². The molecule has 0 bridgehead atoms. The Morgan fingerprint density at radius 1 is 1.16 bits per heavy atom. The third kappa shape index (κ3) is 2.42. The summed E-state index contributed by atoms with van der Waals surface area (Å²) in [5.74, 6) is 3.85. The van der Waals surface area contributed by atoms with Crippen LogP contribution in [0.3, 0.4) is 0 Å². The monoisotopic (exact) mass is 262 g/mol. The Hall–Kier alpha value is -0.900. The maximum atomic E-state index is 4.40. The summed E-state index contributed by atoms with van der Waals surface area (Å²) in [5.41, 5.74) is 0. The van der Waals surface area contributed by atoms with Crippen LogP contribution in [-0.4, -0.2) is 20.8 Å². The average molecular weight is 262 g/mol. The van der Waals surface area contributed by atoms with Crippen LogP contribution >= 0.6 is 0 Å². The lowest BCUT2D eigenvalue weighted by molar-refractivity contribution is 0.193. The minimum atomic E-state index is 0.312. The van der Waals surface area contributed by atoms with Gasteiger partial charge in [0.05, 0.1) is 6.04 Å². The van der Waals surface area contributed by atoms with Crippen LogP contribution in [0, 0.1) is 11.8 Å². The molecule has 1 aliphatic heterocycles. The van der Waals surface area contributed by atoms with Gasteiger partial charge in [0.1, 0.15) is 11.6 Å². The highest BCUT2D eigenvalue weighted by Gasteiger charge is 2.30. The van der Waals surface area contributed by atoms with Crippen LogP contribution < -0.4 is 5.32 Å². The van der Waals surface area contributed by atoms with E-state index >= 15 is 0 Å². The van der Waals surface area contributed by atoms with Crippen molar-refractivity contribution in [3.05, 3.63) is 11.6 Å². The van der Waals surface area contributed by atoms with Crippen LogP contribution in [0.4, 0.5) is 0 Å². The first-order valence-electron chi connectivity index (χ1n) is 7.85. The average Bonchev–Trinajstić information content (AvgIpc) is 2.95.